The molecule has 0 aliphatic heterocycles. The van der Waals surface area contributed by atoms with Crippen molar-refractivity contribution < 1.29 is 4.74 Å². The number of nitrogens with one attached hydrogen (secondary N) is 1. The van der Waals surface area contributed by atoms with Gasteiger partial charge in [-0.15, -0.1) is 0 Å². The Kier molecular flexibility index (Phi) is 5.98. The van der Waals surface area contributed by atoms with E-state index >= 15 is 0 Å². The van der Waals surface area contributed by atoms with Crippen LogP contribution in [0.4, 0.5) is 0 Å². The van der Waals surface area contributed by atoms with Crippen LogP contribution < -0.4 is 10.3 Å². The number of ether oxygens (including phenoxy) is 1. The largest absolute Gasteiger partial charge is 0.456 e. The molecule has 3 rings (SSSR count). The third kappa shape index (κ3) is 4.45. The molecule has 6 heteroatoms. The summed E-state index contributed by atoms with van der Waals surface area (Å²) < 4.78 is 7.01. The van der Waals surface area contributed by atoms with Crippen LogP contribution in [0.3, 0.4) is 0 Å². The van der Waals surface area contributed by atoms with Gasteiger partial charge < -0.3 is 4.74 Å². The number of rotatable bonds is 5. The lowest BCUT2D eigenvalue weighted by Gasteiger charge is -2.13. The Bertz CT molecular complexity index is 1000. The molecule has 0 atom stereocenters. The number of aryl methyl sites for hydroxylation is 2. The predicted octanol–water partition coefficient (Wildman–Crippen LogP) is 5.36. The summed E-state index contributed by atoms with van der Waals surface area (Å²) in [5, 5.41) is 7.16. The molecule has 0 unspecified atom stereocenters. The quantitative estimate of drug-likeness (QED) is 0.395. The fourth-order valence-electron chi connectivity index (χ4n) is 2.55. The number of H-pyrrole nitrogens is 1. The van der Waals surface area contributed by atoms with E-state index < -0.39 is 0 Å². The van der Waals surface area contributed by atoms with E-state index in [1.165, 1.54) is 5.56 Å². The molecule has 0 radical (unpaired) electrons. The first-order chi connectivity index (χ1) is 12.5. The van der Waals surface area contributed by atoms with Gasteiger partial charge >= 0.3 is 0 Å². The maximum Gasteiger partial charge on any atom is 0.267 e. The Balaban J connectivity index is 1.88. The van der Waals surface area contributed by atoms with Crippen LogP contribution in [0.25, 0.3) is 0 Å². The second-order valence-electron chi connectivity index (χ2n) is 6.15. The van der Waals surface area contributed by atoms with Crippen LogP contribution in [0.1, 0.15) is 27.9 Å². The van der Waals surface area contributed by atoms with Crippen LogP contribution in [0.15, 0.2) is 47.3 Å². The summed E-state index contributed by atoms with van der Waals surface area (Å²) in [6.45, 7) is 3.78. The average molecular weight is 481 g/mol. The zero-order chi connectivity index (χ0) is 18.7. The summed E-state index contributed by atoms with van der Waals surface area (Å²) in [4.78, 5) is 11.5. The lowest BCUT2D eigenvalue weighted by Crippen LogP contribution is -2.12. The number of hydrogen-bond acceptors (Lipinski definition) is 3. The van der Waals surface area contributed by atoms with E-state index in [0.717, 1.165) is 27.0 Å². The van der Waals surface area contributed by atoms with Gasteiger partial charge in [-0.3, -0.25) is 4.79 Å². The molecule has 0 bridgehead atoms. The molecule has 1 aromatic heterocycles. The highest BCUT2D eigenvalue weighted by atomic mass is 127. The number of halogens is 2. The topological polar surface area (TPSA) is 55.0 Å². The summed E-state index contributed by atoms with van der Waals surface area (Å²) in [7, 11) is 0. The molecule has 0 aliphatic carbocycles. The Morgan fingerprint density at radius 1 is 1.04 bits per heavy atom. The van der Waals surface area contributed by atoms with Crippen LogP contribution in [0.5, 0.6) is 11.5 Å². The molecule has 3 aromatic rings. The zero-order valence-corrected chi connectivity index (χ0v) is 17.4. The van der Waals surface area contributed by atoms with Crippen LogP contribution in [-0.2, 0) is 10.8 Å². The zero-order valence-electron chi connectivity index (χ0n) is 14.5. The van der Waals surface area contributed by atoms with Gasteiger partial charge in [0.1, 0.15) is 11.5 Å². The van der Waals surface area contributed by atoms with Crippen LogP contribution >= 0.6 is 34.2 Å². The molecule has 0 saturated heterocycles. The molecule has 4 nitrogen and oxygen atoms in total. The smallest absolute Gasteiger partial charge is 0.267 e. The normalized spacial score (nSPS) is 10.8. The van der Waals surface area contributed by atoms with E-state index in [4.69, 9.17) is 16.3 Å². The van der Waals surface area contributed by atoms with Crippen LogP contribution in [-0.4, -0.2) is 10.2 Å². The second kappa shape index (κ2) is 8.22. The van der Waals surface area contributed by atoms with Gasteiger partial charge in [-0.2, -0.15) is 5.10 Å². The molecule has 1 N–H and O–H groups in total. The molecular weight excluding hydrogens is 463 g/mol. The third-order valence-corrected chi connectivity index (χ3v) is 5.24. The van der Waals surface area contributed by atoms with Gasteiger partial charge in [0.15, 0.2) is 0 Å². The first-order valence-electron chi connectivity index (χ1n) is 8.13. The molecule has 1 heterocycles. The highest BCUT2D eigenvalue weighted by molar-refractivity contribution is 14.1. The first kappa shape index (κ1) is 18.9. The minimum Gasteiger partial charge on any atom is -0.456 e. The van der Waals surface area contributed by atoms with Gasteiger partial charge in [0.05, 0.1) is 10.7 Å². The van der Waals surface area contributed by atoms with Gasteiger partial charge in [0.25, 0.3) is 5.56 Å². The molecule has 26 heavy (non-hydrogen) atoms. The summed E-state index contributed by atoms with van der Waals surface area (Å²) in [5.74, 6) is 1.41. The third-order valence-electron chi connectivity index (χ3n) is 4.05. The van der Waals surface area contributed by atoms with Gasteiger partial charge in [-0.05, 0) is 54.8 Å². The molecule has 2 aromatic carbocycles. The number of nitrogens with zero attached hydrogens (tertiary/aromatic N) is 1. The number of alkyl halides is 1. The average Bonchev–Trinajstić information content (AvgIpc) is 2.63. The minimum atomic E-state index is -0.167. The summed E-state index contributed by atoms with van der Waals surface area (Å²) >= 11 is 8.66. The highest BCUT2D eigenvalue weighted by Gasteiger charge is 2.09. The van der Waals surface area contributed by atoms with Crippen molar-refractivity contribution in [2.24, 2.45) is 0 Å². The van der Waals surface area contributed by atoms with E-state index in [1.54, 1.807) is 13.0 Å². The number of aromatic amines is 1. The van der Waals surface area contributed by atoms with E-state index in [1.807, 2.05) is 37.3 Å². The SMILES string of the molecule is Cc1ccc(CI)cc1Oc1cc(Cc2cc(C)c(=O)[nH]n2)ccc1Cl. The maximum absolute atomic E-state index is 11.5. The minimum absolute atomic E-state index is 0.167. The highest BCUT2D eigenvalue weighted by Crippen LogP contribution is 2.33. The molecule has 0 saturated carbocycles. The molecular formula is C20H18ClIN2O2. The molecule has 0 amide bonds. The van der Waals surface area contributed by atoms with Crippen molar-refractivity contribution in [3.63, 3.8) is 0 Å². The fourth-order valence-corrected chi connectivity index (χ4v) is 3.18. The first-order valence-corrected chi connectivity index (χ1v) is 10.0. The Hall–Kier alpha value is -1.86. The monoisotopic (exact) mass is 480 g/mol. The van der Waals surface area contributed by atoms with Gasteiger partial charge in [-0.1, -0.05) is 52.4 Å². The van der Waals surface area contributed by atoms with Crippen molar-refractivity contribution in [2.75, 3.05) is 0 Å². The lowest BCUT2D eigenvalue weighted by molar-refractivity contribution is 0.478. The molecule has 134 valence electrons. The standard InChI is InChI=1S/C20H18ClIN2O2/c1-12-3-4-15(11-22)10-18(12)26-19-9-14(5-6-17(19)21)8-16-7-13(2)20(25)24-23-16/h3-7,9-10H,8,11H2,1-2H3,(H,24,25). The van der Waals surface area contributed by atoms with Crippen molar-refractivity contribution in [1.82, 2.24) is 10.2 Å². The van der Waals surface area contributed by atoms with E-state index in [0.29, 0.717) is 22.8 Å². The Morgan fingerprint density at radius 2 is 1.77 bits per heavy atom. The van der Waals surface area contributed by atoms with E-state index in [9.17, 15) is 4.79 Å². The van der Waals surface area contributed by atoms with Gasteiger partial charge in [0, 0.05) is 16.4 Å². The van der Waals surface area contributed by atoms with Gasteiger partial charge in [-0.25, -0.2) is 5.10 Å². The number of aromatic nitrogens is 2. The number of hydrogen-bond donors (Lipinski definition) is 1. The molecule has 0 fully saturated rings. The summed E-state index contributed by atoms with van der Waals surface area (Å²) in [5.41, 5.74) is 4.53. The summed E-state index contributed by atoms with van der Waals surface area (Å²) in [6.07, 6.45) is 0.581. The van der Waals surface area contributed by atoms with Crippen LogP contribution in [0.2, 0.25) is 5.02 Å². The summed E-state index contributed by atoms with van der Waals surface area (Å²) in [6, 6.07) is 13.7. The van der Waals surface area contributed by atoms with Crippen molar-refractivity contribution >= 4 is 34.2 Å². The lowest BCUT2D eigenvalue weighted by atomic mass is 10.1. The van der Waals surface area contributed by atoms with Crippen molar-refractivity contribution in [3.8, 4) is 11.5 Å². The molecule has 0 aliphatic rings. The fraction of sp³-hybridized carbons (Fsp3) is 0.200. The van der Waals surface area contributed by atoms with Crippen molar-refractivity contribution in [3.05, 3.63) is 85.8 Å². The van der Waals surface area contributed by atoms with Crippen molar-refractivity contribution in [1.29, 1.82) is 0 Å². The molecule has 0 spiro atoms. The van der Waals surface area contributed by atoms with Gasteiger partial charge in [0.2, 0.25) is 0 Å². The number of benzene rings is 2. The van der Waals surface area contributed by atoms with E-state index in [2.05, 4.69) is 38.9 Å². The van der Waals surface area contributed by atoms with Crippen LogP contribution in [0, 0.1) is 13.8 Å². The van der Waals surface area contributed by atoms with E-state index in [-0.39, 0.29) is 5.56 Å². The van der Waals surface area contributed by atoms with Crippen molar-refractivity contribution in [2.45, 2.75) is 24.7 Å². The Labute approximate surface area is 170 Å². The Morgan fingerprint density at radius 3 is 2.50 bits per heavy atom. The maximum atomic E-state index is 11.5. The second-order valence-corrected chi connectivity index (χ2v) is 7.32. The predicted molar refractivity (Wildman–Crippen MR) is 113 cm³/mol.